The van der Waals surface area contributed by atoms with Gasteiger partial charge in [0.1, 0.15) is 6.10 Å². The Labute approximate surface area is 264 Å². The van der Waals surface area contributed by atoms with Crippen LogP contribution in [0.2, 0.25) is 0 Å². The molecule has 6 rings (SSSR count). The van der Waals surface area contributed by atoms with E-state index in [-0.39, 0.29) is 35.7 Å². The molecule has 0 N–H and O–H groups in total. The number of hydrogen-bond acceptors (Lipinski definition) is 4. The summed E-state index contributed by atoms with van der Waals surface area (Å²) in [5, 5.41) is 0. The molecule has 8 atom stereocenters. The number of anilines is 1. The zero-order valence-corrected chi connectivity index (χ0v) is 27.7. The molecule has 0 aromatic heterocycles. The first kappa shape index (κ1) is 31.3. The summed E-state index contributed by atoms with van der Waals surface area (Å²) in [5.41, 5.74) is 3.43. The van der Waals surface area contributed by atoms with E-state index in [9.17, 15) is 14.4 Å². The Kier molecular flexibility index (Phi) is 8.47. The molecule has 1 aliphatic heterocycles. The van der Waals surface area contributed by atoms with E-state index in [0.717, 1.165) is 59.7 Å². The number of ether oxygens (including phenoxy) is 1. The molecule has 1 unspecified atom stereocenters. The number of amides is 2. The average molecular weight is 600 g/mol. The van der Waals surface area contributed by atoms with Crippen LogP contribution in [-0.4, -0.2) is 23.9 Å². The molecule has 1 saturated heterocycles. The van der Waals surface area contributed by atoms with Crippen molar-refractivity contribution in [1.29, 1.82) is 0 Å². The molecule has 3 saturated carbocycles. The largest absolute Gasteiger partial charge is 0.458 e. The van der Waals surface area contributed by atoms with Gasteiger partial charge >= 0.3 is 5.97 Å². The van der Waals surface area contributed by atoms with Crippen molar-refractivity contribution in [1.82, 2.24) is 0 Å². The van der Waals surface area contributed by atoms with E-state index in [2.05, 4.69) is 47.3 Å². The van der Waals surface area contributed by atoms with Crippen LogP contribution in [0, 0.1) is 46.3 Å². The smallest absolute Gasteiger partial charge is 0.338 e. The van der Waals surface area contributed by atoms with Crippen LogP contribution in [0.5, 0.6) is 0 Å². The molecule has 238 valence electrons. The summed E-state index contributed by atoms with van der Waals surface area (Å²) in [6.07, 6.45) is 16.1. The fourth-order valence-corrected chi connectivity index (χ4v) is 10.6. The normalized spacial score (nSPS) is 35.7. The predicted molar refractivity (Wildman–Crippen MR) is 175 cm³/mol. The molecule has 5 nitrogen and oxygen atoms in total. The van der Waals surface area contributed by atoms with Crippen molar-refractivity contribution in [2.45, 2.75) is 118 Å². The van der Waals surface area contributed by atoms with Gasteiger partial charge in [-0.2, -0.15) is 0 Å². The van der Waals surface area contributed by atoms with Gasteiger partial charge in [-0.1, -0.05) is 72.1 Å². The molecular weight excluding hydrogens is 546 g/mol. The summed E-state index contributed by atoms with van der Waals surface area (Å²) in [4.78, 5) is 38.8. The number of benzene rings is 1. The van der Waals surface area contributed by atoms with Crippen LogP contribution in [0.1, 0.15) is 122 Å². The highest BCUT2D eigenvalue weighted by atomic mass is 16.5. The topological polar surface area (TPSA) is 63.7 Å². The van der Waals surface area contributed by atoms with Crippen molar-refractivity contribution in [2.75, 3.05) is 4.90 Å². The maximum absolute atomic E-state index is 13.1. The second-order valence-electron chi connectivity index (χ2n) is 15.9. The minimum atomic E-state index is -0.374. The fourth-order valence-electron chi connectivity index (χ4n) is 10.6. The number of esters is 1. The standard InChI is InChI=1S/C39H53NO4/c1-24(2)8-7-9-25(3)32-16-17-33-31-15-12-28-23-30(18-20-38(28,5)34(31)19-21-39(32,33)6)44-37(43)27-10-13-29(14-11-27)40-35(41)22-26(4)36(40)42/h10-14,24-25,30-34H,4,7-9,15-23H2,1-3,5-6H3/t25-,30?,31+,32-,33+,34+,38+,39-/m1/s1. The van der Waals surface area contributed by atoms with Gasteiger partial charge in [0.2, 0.25) is 5.91 Å². The molecule has 1 aromatic rings. The summed E-state index contributed by atoms with van der Waals surface area (Å²) >= 11 is 0. The molecule has 0 bridgehead atoms. The highest BCUT2D eigenvalue weighted by Crippen LogP contribution is 2.67. The molecule has 0 spiro atoms. The molecule has 5 heteroatoms. The molecule has 44 heavy (non-hydrogen) atoms. The van der Waals surface area contributed by atoms with E-state index in [0.29, 0.717) is 22.2 Å². The summed E-state index contributed by atoms with van der Waals surface area (Å²) in [7, 11) is 0. The highest BCUT2D eigenvalue weighted by molar-refractivity contribution is 6.27. The van der Waals surface area contributed by atoms with E-state index in [1.54, 1.807) is 24.3 Å². The molecular formula is C39H53NO4. The highest BCUT2D eigenvalue weighted by Gasteiger charge is 2.59. The molecule has 1 heterocycles. The number of imide groups is 1. The van der Waals surface area contributed by atoms with Crippen molar-refractivity contribution in [2.24, 2.45) is 46.3 Å². The van der Waals surface area contributed by atoms with Crippen molar-refractivity contribution in [3.63, 3.8) is 0 Å². The Hall–Kier alpha value is -2.69. The maximum atomic E-state index is 13.1. The molecule has 5 aliphatic rings. The average Bonchev–Trinajstić information content (AvgIpc) is 3.47. The zero-order valence-electron chi connectivity index (χ0n) is 27.7. The molecule has 4 aliphatic carbocycles. The van der Waals surface area contributed by atoms with Crippen LogP contribution in [-0.2, 0) is 14.3 Å². The van der Waals surface area contributed by atoms with Crippen LogP contribution in [0.15, 0.2) is 48.1 Å². The minimum absolute atomic E-state index is 0.0406. The zero-order chi connectivity index (χ0) is 31.4. The van der Waals surface area contributed by atoms with Gasteiger partial charge in [-0.25, -0.2) is 9.69 Å². The van der Waals surface area contributed by atoms with E-state index in [4.69, 9.17) is 4.74 Å². The Balaban J connectivity index is 1.08. The lowest BCUT2D eigenvalue weighted by atomic mass is 9.47. The predicted octanol–water partition coefficient (Wildman–Crippen LogP) is 9.07. The van der Waals surface area contributed by atoms with E-state index in [1.807, 2.05) is 0 Å². The minimum Gasteiger partial charge on any atom is -0.458 e. The van der Waals surface area contributed by atoms with Crippen molar-refractivity contribution in [3.8, 4) is 0 Å². The quantitative estimate of drug-likeness (QED) is 0.129. The Bertz CT molecular complexity index is 1340. The monoisotopic (exact) mass is 599 g/mol. The lowest BCUT2D eigenvalue weighted by Gasteiger charge is -2.58. The number of rotatable bonds is 8. The number of allylic oxidation sites excluding steroid dienone is 1. The van der Waals surface area contributed by atoms with Gasteiger partial charge in [0.25, 0.3) is 5.91 Å². The number of hydrogen-bond donors (Lipinski definition) is 0. The first-order valence-corrected chi connectivity index (χ1v) is 17.5. The van der Waals surface area contributed by atoms with Gasteiger partial charge in [0, 0.05) is 12.0 Å². The fraction of sp³-hybridized carbons (Fsp3) is 0.667. The van der Waals surface area contributed by atoms with Gasteiger partial charge in [-0.15, -0.1) is 0 Å². The van der Waals surface area contributed by atoms with Crippen LogP contribution in [0.3, 0.4) is 0 Å². The van der Waals surface area contributed by atoms with Crippen molar-refractivity contribution < 1.29 is 19.1 Å². The third-order valence-corrected chi connectivity index (χ3v) is 13.0. The van der Waals surface area contributed by atoms with Gasteiger partial charge in [-0.3, -0.25) is 9.59 Å². The van der Waals surface area contributed by atoms with Gasteiger partial charge in [0.15, 0.2) is 0 Å². The number of nitrogens with zero attached hydrogens (tertiary/aromatic N) is 1. The number of fused-ring (bicyclic) bond motifs is 5. The van der Waals surface area contributed by atoms with Gasteiger partial charge in [0.05, 0.1) is 17.7 Å². The third-order valence-electron chi connectivity index (χ3n) is 13.0. The van der Waals surface area contributed by atoms with Crippen molar-refractivity contribution in [3.05, 3.63) is 53.6 Å². The number of carbonyl (C=O) groups excluding carboxylic acids is 3. The third kappa shape index (κ3) is 5.41. The molecule has 2 amide bonds. The van der Waals surface area contributed by atoms with Crippen LogP contribution in [0.4, 0.5) is 5.69 Å². The number of carbonyl (C=O) groups is 3. The lowest BCUT2D eigenvalue weighted by molar-refractivity contribution is -0.120. The van der Waals surface area contributed by atoms with E-state index >= 15 is 0 Å². The summed E-state index contributed by atoms with van der Waals surface area (Å²) in [6.45, 7) is 16.1. The molecule has 4 fully saturated rings. The lowest BCUT2D eigenvalue weighted by Crippen LogP contribution is -2.51. The van der Waals surface area contributed by atoms with Crippen LogP contribution >= 0.6 is 0 Å². The maximum Gasteiger partial charge on any atom is 0.338 e. The summed E-state index contributed by atoms with van der Waals surface area (Å²) < 4.78 is 6.06. The summed E-state index contributed by atoms with van der Waals surface area (Å²) in [6, 6.07) is 6.58. The van der Waals surface area contributed by atoms with Gasteiger partial charge in [-0.05, 0) is 116 Å². The SMILES string of the molecule is C=C1CC(=O)N(c2ccc(C(=O)OC3CC[C@@]4(C)C(=CC[C@H]5[C@@H]6CC[C@H]([C@H](C)CCCC(C)C)[C@@]6(C)CC[C@@H]54)C3)cc2)C1=O. The second-order valence-corrected chi connectivity index (χ2v) is 15.9. The summed E-state index contributed by atoms with van der Waals surface area (Å²) in [5.74, 6) is 3.89. The Morgan fingerprint density at radius 1 is 1.00 bits per heavy atom. The van der Waals surface area contributed by atoms with Crippen LogP contribution < -0.4 is 4.90 Å². The first-order chi connectivity index (χ1) is 20.9. The molecule has 1 aromatic carbocycles. The van der Waals surface area contributed by atoms with E-state index in [1.165, 1.54) is 56.9 Å². The second kappa shape index (κ2) is 11.9. The van der Waals surface area contributed by atoms with Gasteiger partial charge < -0.3 is 4.74 Å². The first-order valence-electron chi connectivity index (χ1n) is 17.5. The van der Waals surface area contributed by atoms with Crippen LogP contribution in [0.25, 0.3) is 0 Å². The van der Waals surface area contributed by atoms with E-state index < -0.39 is 0 Å². The molecule has 0 radical (unpaired) electrons. The Morgan fingerprint density at radius 2 is 1.75 bits per heavy atom. The Morgan fingerprint density at radius 3 is 2.43 bits per heavy atom. The van der Waals surface area contributed by atoms with Crippen molar-refractivity contribution >= 4 is 23.5 Å².